The number of amides is 1. The summed E-state index contributed by atoms with van der Waals surface area (Å²) in [5.74, 6) is 0.0518. The summed E-state index contributed by atoms with van der Waals surface area (Å²) >= 11 is 0. The molecule has 0 bridgehead atoms. The number of nitrogens with zero attached hydrogens (tertiary/aromatic N) is 1. The summed E-state index contributed by atoms with van der Waals surface area (Å²) in [5, 5.41) is 6.65. The van der Waals surface area contributed by atoms with Gasteiger partial charge in [-0.15, -0.1) is 0 Å². The first-order valence-electron chi connectivity index (χ1n) is 11.3. The fourth-order valence-electron chi connectivity index (χ4n) is 5.30. The predicted octanol–water partition coefficient (Wildman–Crippen LogP) is 3.25. The Morgan fingerprint density at radius 3 is 2.65 bits per heavy atom. The fourth-order valence-corrected chi connectivity index (χ4v) is 5.30. The number of carbonyl (C=O) groups is 1. The van der Waals surface area contributed by atoms with Gasteiger partial charge in [-0.2, -0.15) is 13.2 Å². The first kappa shape index (κ1) is 22.6. The first-order valence-corrected chi connectivity index (χ1v) is 11.3. The van der Waals surface area contributed by atoms with Gasteiger partial charge in [-0.05, 0) is 74.4 Å². The van der Waals surface area contributed by atoms with E-state index in [-0.39, 0.29) is 18.4 Å². The van der Waals surface area contributed by atoms with Crippen molar-refractivity contribution < 1.29 is 22.7 Å². The molecule has 1 aromatic rings. The van der Waals surface area contributed by atoms with Gasteiger partial charge < -0.3 is 20.3 Å². The van der Waals surface area contributed by atoms with Crippen molar-refractivity contribution >= 4 is 5.91 Å². The summed E-state index contributed by atoms with van der Waals surface area (Å²) in [6.07, 6.45) is 0.862. The maximum absolute atomic E-state index is 13.4. The molecule has 0 radical (unpaired) electrons. The third-order valence-electron chi connectivity index (χ3n) is 6.91. The second-order valence-corrected chi connectivity index (χ2v) is 9.07. The third kappa shape index (κ3) is 5.23. The van der Waals surface area contributed by atoms with Crippen molar-refractivity contribution in [1.82, 2.24) is 15.5 Å². The van der Waals surface area contributed by atoms with E-state index in [4.69, 9.17) is 4.74 Å². The number of ether oxygens (including phenoxy) is 1. The molecular formula is C23H32F3N3O2. The Hall–Kier alpha value is -1.64. The molecule has 8 heteroatoms. The van der Waals surface area contributed by atoms with Gasteiger partial charge >= 0.3 is 6.18 Å². The fraction of sp³-hybridized carbons (Fsp3) is 0.696. The Labute approximate surface area is 181 Å². The molecule has 0 spiro atoms. The minimum absolute atomic E-state index is 0.0403. The van der Waals surface area contributed by atoms with Crippen LogP contribution in [0, 0.1) is 5.92 Å². The van der Waals surface area contributed by atoms with Gasteiger partial charge in [0.2, 0.25) is 5.91 Å². The predicted molar refractivity (Wildman–Crippen MR) is 111 cm³/mol. The Morgan fingerprint density at radius 1 is 1.16 bits per heavy atom. The molecule has 1 aliphatic carbocycles. The van der Waals surface area contributed by atoms with Crippen molar-refractivity contribution in [3.8, 4) is 0 Å². The van der Waals surface area contributed by atoms with Crippen LogP contribution in [0.1, 0.15) is 54.4 Å². The van der Waals surface area contributed by atoms with Crippen LogP contribution in [0.5, 0.6) is 0 Å². The molecule has 0 aromatic heterocycles. The number of fused-ring (bicyclic) bond motifs is 1. The normalized spacial score (nSPS) is 25.0. The number of nitrogens with one attached hydrogen (secondary N) is 2. The quantitative estimate of drug-likeness (QED) is 0.740. The molecule has 1 saturated heterocycles. The molecule has 2 atom stereocenters. The van der Waals surface area contributed by atoms with Crippen molar-refractivity contribution in [3.05, 3.63) is 34.4 Å². The molecule has 31 heavy (non-hydrogen) atoms. The maximum Gasteiger partial charge on any atom is 0.416 e. The zero-order valence-corrected chi connectivity index (χ0v) is 18.1. The van der Waals surface area contributed by atoms with Crippen molar-refractivity contribution in [2.24, 2.45) is 5.92 Å². The van der Waals surface area contributed by atoms with E-state index in [1.807, 2.05) is 0 Å². The molecule has 2 aliphatic heterocycles. The minimum Gasteiger partial charge on any atom is -0.381 e. The number of hydrogen-bond donors (Lipinski definition) is 2. The smallest absolute Gasteiger partial charge is 0.381 e. The molecule has 5 nitrogen and oxygen atoms in total. The van der Waals surface area contributed by atoms with E-state index in [0.29, 0.717) is 42.7 Å². The number of hydrogen-bond acceptors (Lipinski definition) is 4. The van der Waals surface area contributed by atoms with Crippen molar-refractivity contribution in [1.29, 1.82) is 0 Å². The van der Waals surface area contributed by atoms with Crippen LogP contribution in [0.2, 0.25) is 0 Å². The molecule has 2 N–H and O–H groups in total. The molecule has 1 amide bonds. The van der Waals surface area contributed by atoms with Gasteiger partial charge in [-0.1, -0.05) is 0 Å². The van der Waals surface area contributed by atoms with E-state index in [1.54, 1.807) is 11.9 Å². The van der Waals surface area contributed by atoms with Gasteiger partial charge in [0.05, 0.1) is 5.56 Å². The van der Waals surface area contributed by atoms with Crippen LogP contribution in [0.25, 0.3) is 0 Å². The molecule has 1 unspecified atom stereocenters. The number of halogens is 3. The monoisotopic (exact) mass is 439 g/mol. The summed E-state index contributed by atoms with van der Waals surface area (Å²) in [6.45, 7) is 2.80. The highest BCUT2D eigenvalue weighted by Crippen LogP contribution is 2.35. The largest absolute Gasteiger partial charge is 0.416 e. The van der Waals surface area contributed by atoms with Crippen molar-refractivity contribution in [3.63, 3.8) is 0 Å². The molecule has 1 aromatic carbocycles. The SMILES string of the molecule is CNCc1cc(C(F)(F)F)cc2c1CCN(C(=O)[C@H]1CCC(NC3CCOCC3)C1)C2. The third-order valence-corrected chi connectivity index (χ3v) is 6.91. The molecular weight excluding hydrogens is 407 g/mol. The zero-order valence-electron chi connectivity index (χ0n) is 18.1. The Balaban J connectivity index is 1.42. The second-order valence-electron chi connectivity index (χ2n) is 9.07. The highest BCUT2D eigenvalue weighted by molar-refractivity contribution is 5.79. The number of alkyl halides is 3. The second kappa shape index (κ2) is 9.46. The molecule has 172 valence electrons. The standard InChI is InChI=1S/C23H32F3N3O2/c1-27-13-16-10-18(23(24,25)26)11-17-14-29(7-4-21(16)17)22(30)15-2-3-20(12-15)28-19-5-8-31-9-6-19/h10-11,15,19-20,27-28H,2-9,12-14H2,1H3/t15-,20?/m0/s1. The van der Waals surface area contributed by atoms with Crippen LogP contribution < -0.4 is 10.6 Å². The summed E-state index contributed by atoms with van der Waals surface area (Å²) in [6, 6.07) is 3.28. The van der Waals surface area contributed by atoms with E-state index in [9.17, 15) is 18.0 Å². The van der Waals surface area contributed by atoms with E-state index < -0.39 is 11.7 Å². The van der Waals surface area contributed by atoms with Crippen LogP contribution in [-0.2, 0) is 35.2 Å². The van der Waals surface area contributed by atoms with Crippen LogP contribution >= 0.6 is 0 Å². The van der Waals surface area contributed by atoms with Gasteiger partial charge in [0, 0.05) is 50.8 Å². The van der Waals surface area contributed by atoms with Gasteiger partial charge in [-0.25, -0.2) is 0 Å². The van der Waals surface area contributed by atoms with E-state index in [1.165, 1.54) is 12.1 Å². The molecule has 1 saturated carbocycles. The number of benzene rings is 1. The van der Waals surface area contributed by atoms with Crippen LogP contribution in [0.3, 0.4) is 0 Å². The van der Waals surface area contributed by atoms with Gasteiger partial charge in [0.25, 0.3) is 0 Å². The highest BCUT2D eigenvalue weighted by atomic mass is 19.4. The van der Waals surface area contributed by atoms with Crippen LogP contribution in [0.4, 0.5) is 13.2 Å². The highest BCUT2D eigenvalue weighted by Gasteiger charge is 2.37. The van der Waals surface area contributed by atoms with Gasteiger partial charge in [0.1, 0.15) is 0 Å². The molecule has 2 fully saturated rings. The lowest BCUT2D eigenvalue weighted by Gasteiger charge is -2.33. The van der Waals surface area contributed by atoms with Gasteiger partial charge in [0.15, 0.2) is 0 Å². The summed E-state index contributed by atoms with van der Waals surface area (Å²) in [4.78, 5) is 15.0. The number of rotatable bonds is 5. The Kier molecular flexibility index (Phi) is 6.89. The van der Waals surface area contributed by atoms with Crippen molar-refractivity contribution in [2.45, 2.75) is 69.9 Å². The van der Waals surface area contributed by atoms with E-state index >= 15 is 0 Å². The zero-order chi connectivity index (χ0) is 22.0. The lowest BCUT2D eigenvalue weighted by atomic mass is 9.91. The van der Waals surface area contributed by atoms with Crippen LogP contribution in [-0.4, -0.2) is 49.7 Å². The van der Waals surface area contributed by atoms with Gasteiger partial charge in [-0.3, -0.25) is 4.79 Å². The summed E-state index contributed by atoms with van der Waals surface area (Å²) in [5.41, 5.74) is 1.64. The topological polar surface area (TPSA) is 53.6 Å². The van der Waals surface area contributed by atoms with E-state index in [2.05, 4.69) is 10.6 Å². The lowest BCUT2D eigenvalue weighted by molar-refractivity contribution is -0.137. The maximum atomic E-state index is 13.4. The van der Waals surface area contributed by atoms with Crippen LogP contribution in [0.15, 0.2) is 12.1 Å². The number of carbonyl (C=O) groups excluding carboxylic acids is 1. The Bertz CT molecular complexity index is 793. The average Bonchev–Trinajstić information content (AvgIpc) is 3.21. The van der Waals surface area contributed by atoms with E-state index in [0.717, 1.165) is 50.9 Å². The summed E-state index contributed by atoms with van der Waals surface area (Å²) in [7, 11) is 1.73. The lowest BCUT2D eigenvalue weighted by Crippen LogP contribution is -2.42. The molecule has 2 heterocycles. The van der Waals surface area contributed by atoms with Crippen molar-refractivity contribution in [2.75, 3.05) is 26.8 Å². The molecule has 4 rings (SSSR count). The first-order chi connectivity index (χ1) is 14.8. The summed E-state index contributed by atoms with van der Waals surface area (Å²) < 4.78 is 45.6. The molecule has 3 aliphatic rings. The Morgan fingerprint density at radius 2 is 1.94 bits per heavy atom. The average molecular weight is 440 g/mol. The minimum atomic E-state index is -4.39.